The zero-order valence-electron chi connectivity index (χ0n) is 14.5. The maximum absolute atomic E-state index is 12.3. The van der Waals surface area contributed by atoms with Crippen molar-refractivity contribution in [2.45, 2.75) is 30.5 Å². The Morgan fingerprint density at radius 2 is 2.07 bits per heavy atom. The lowest BCUT2D eigenvalue weighted by Gasteiger charge is -2.07. The molecule has 27 heavy (non-hydrogen) atoms. The van der Waals surface area contributed by atoms with E-state index >= 15 is 0 Å². The van der Waals surface area contributed by atoms with Crippen LogP contribution in [0.4, 0.5) is 5.13 Å². The summed E-state index contributed by atoms with van der Waals surface area (Å²) in [6.45, 7) is 4.38. The predicted octanol–water partition coefficient (Wildman–Crippen LogP) is 3.59. The molecule has 0 bridgehead atoms. The van der Waals surface area contributed by atoms with Gasteiger partial charge in [0.2, 0.25) is 11.0 Å². The lowest BCUT2D eigenvalue weighted by Crippen LogP contribution is -2.14. The monoisotopic (exact) mass is 398 g/mol. The average Bonchev–Trinajstić information content (AvgIpc) is 3.31. The van der Waals surface area contributed by atoms with E-state index in [2.05, 4.69) is 32.3 Å². The predicted molar refractivity (Wildman–Crippen MR) is 107 cm³/mol. The molecule has 1 amide bonds. The van der Waals surface area contributed by atoms with Gasteiger partial charge in [-0.1, -0.05) is 59.5 Å². The maximum Gasteiger partial charge on any atom is 0.236 e. The van der Waals surface area contributed by atoms with Crippen molar-refractivity contribution in [1.82, 2.24) is 25.0 Å². The lowest BCUT2D eigenvalue weighted by molar-refractivity contribution is -0.113. The number of carbonyl (C=O) groups is 1. The number of carbonyl (C=O) groups excluding carboxylic acids is 1. The van der Waals surface area contributed by atoms with E-state index in [0.717, 1.165) is 16.4 Å². The third-order valence-electron chi connectivity index (χ3n) is 4.01. The largest absolute Gasteiger partial charge is 0.300 e. The molecule has 1 N–H and O–H groups in total. The topological polar surface area (TPSA) is 85.6 Å². The Kier molecular flexibility index (Phi) is 5.30. The standard InChI is InChI=1S/C18H18N6OS2/c1-2-10-24-15(12-6-4-3-5-7-12)20-23-18(24)26-11-14(25)19-17-22-21-16(27-17)13-8-9-13/h2-7,13H,1,8-11H2,(H,19,22,25). The van der Waals surface area contributed by atoms with Crippen LogP contribution in [0.25, 0.3) is 11.4 Å². The highest BCUT2D eigenvalue weighted by Crippen LogP contribution is 2.42. The zero-order valence-corrected chi connectivity index (χ0v) is 16.2. The third kappa shape index (κ3) is 4.25. The van der Waals surface area contributed by atoms with Gasteiger partial charge in [-0.25, -0.2) is 0 Å². The highest BCUT2D eigenvalue weighted by molar-refractivity contribution is 7.99. The van der Waals surface area contributed by atoms with Crippen molar-refractivity contribution in [3.63, 3.8) is 0 Å². The van der Waals surface area contributed by atoms with E-state index in [0.29, 0.717) is 22.8 Å². The molecule has 4 rings (SSSR count). The second-order valence-corrected chi connectivity index (χ2v) is 8.08. The summed E-state index contributed by atoms with van der Waals surface area (Å²) in [5, 5.41) is 21.8. The first-order valence-corrected chi connectivity index (χ1v) is 10.4. The Balaban J connectivity index is 1.41. The molecule has 0 radical (unpaired) electrons. The van der Waals surface area contributed by atoms with Crippen molar-refractivity contribution < 1.29 is 4.79 Å². The minimum Gasteiger partial charge on any atom is -0.300 e. The van der Waals surface area contributed by atoms with Gasteiger partial charge in [0, 0.05) is 18.0 Å². The number of hydrogen-bond acceptors (Lipinski definition) is 7. The van der Waals surface area contributed by atoms with E-state index in [1.54, 1.807) is 6.08 Å². The second-order valence-electron chi connectivity index (χ2n) is 6.13. The summed E-state index contributed by atoms with van der Waals surface area (Å²) in [5.41, 5.74) is 0.976. The number of nitrogens with zero attached hydrogens (tertiary/aromatic N) is 5. The molecule has 1 aliphatic carbocycles. The highest BCUT2D eigenvalue weighted by atomic mass is 32.2. The van der Waals surface area contributed by atoms with Crippen molar-refractivity contribution in [1.29, 1.82) is 0 Å². The zero-order chi connectivity index (χ0) is 18.6. The molecule has 7 nitrogen and oxygen atoms in total. The molecular weight excluding hydrogens is 380 g/mol. The van der Waals surface area contributed by atoms with Crippen molar-refractivity contribution in [3.8, 4) is 11.4 Å². The minimum absolute atomic E-state index is 0.132. The van der Waals surface area contributed by atoms with E-state index in [9.17, 15) is 4.79 Å². The molecule has 2 aromatic heterocycles. The van der Waals surface area contributed by atoms with Crippen LogP contribution in [0.15, 0.2) is 48.1 Å². The molecule has 1 aromatic carbocycles. The fourth-order valence-corrected chi connectivity index (χ4v) is 4.23. The van der Waals surface area contributed by atoms with Crippen LogP contribution in [0.3, 0.4) is 0 Å². The molecule has 0 aliphatic heterocycles. The summed E-state index contributed by atoms with van der Waals surface area (Å²) in [5.74, 6) is 1.39. The Hall–Kier alpha value is -2.52. The summed E-state index contributed by atoms with van der Waals surface area (Å²) < 4.78 is 1.95. The SMILES string of the molecule is C=CCn1c(SCC(=O)Nc2nnc(C3CC3)s2)nnc1-c1ccccc1. The lowest BCUT2D eigenvalue weighted by atomic mass is 10.2. The molecule has 9 heteroatoms. The Bertz CT molecular complexity index is 948. The summed E-state index contributed by atoms with van der Waals surface area (Å²) in [6.07, 6.45) is 4.13. The van der Waals surface area contributed by atoms with Gasteiger partial charge >= 0.3 is 0 Å². The van der Waals surface area contributed by atoms with Crippen molar-refractivity contribution >= 4 is 34.1 Å². The molecule has 0 atom stereocenters. The maximum atomic E-state index is 12.3. The Morgan fingerprint density at radius 1 is 1.26 bits per heavy atom. The van der Waals surface area contributed by atoms with Crippen LogP contribution in [0.1, 0.15) is 23.8 Å². The minimum atomic E-state index is -0.132. The van der Waals surface area contributed by atoms with Gasteiger partial charge in [-0.05, 0) is 12.8 Å². The Morgan fingerprint density at radius 3 is 2.81 bits per heavy atom. The van der Waals surface area contributed by atoms with Gasteiger partial charge in [-0.15, -0.1) is 27.0 Å². The van der Waals surface area contributed by atoms with E-state index in [1.807, 2.05) is 34.9 Å². The molecule has 1 fully saturated rings. The number of aromatic nitrogens is 5. The van der Waals surface area contributed by atoms with Gasteiger partial charge in [-0.2, -0.15) is 0 Å². The van der Waals surface area contributed by atoms with Gasteiger partial charge in [0.15, 0.2) is 11.0 Å². The number of hydrogen-bond donors (Lipinski definition) is 1. The number of benzene rings is 1. The fourth-order valence-electron chi connectivity index (χ4n) is 2.56. The quantitative estimate of drug-likeness (QED) is 0.461. The molecule has 2 heterocycles. The van der Waals surface area contributed by atoms with Crippen LogP contribution in [0.5, 0.6) is 0 Å². The van der Waals surface area contributed by atoms with Crippen molar-refractivity contribution in [2.24, 2.45) is 0 Å². The van der Waals surface area contributed by atoms with E-state index < -0.39 is 0 Å². The molecular formula is C18H18N6OS2. The smallest absolute Gasteiger partial charge is 0.236 e. The number of anilines is 1. The van der Waals surface area contributed by atoms with E-state index in [1.165, 1.54) is 35.9 Å². The van der Waals surface area contributed by atoms with E-state index in [-0.39, 0.29) is 11.7 Å². The average molecular weight is 399 g/mol. The van der Waals surface area contributed by atoms with E-state index in [4.69, 9.17) is 0 Å². The first-order valence-electron chi connectivity index (χ1n) is 8.60. The molecule has 1 saturated carbocycles. The van der Waals surface area contributed by atoms with Crippen molar-refractivity contribution in [3.05, 3.63) is 48.0 Å². The summed E-state index contributed by atoms with van der Waals surface area (Å²) >= 11 is 2.80. The molecule has 0 spiro atoms. The van der Waals surface area contributed by atoms with Gasteiger partial charge < -0.3 is 0 Å². The molecule has 0 unspecified atom stereocenters. The number of amides is 1. The van der Waals surface area contributed by atoms with Crippen LogP contribution in [-0.2, 0) is 11.3 Å². The van der Waals surface area contributed by atoms with Gasteiger partial charge in [0.25, 0.3) is 0 Å². The van der Waals surface area contributed by atoms with Gasteiger partial charge in [0.1, 0.15) is 5.01 Å². The molecule has 3 aromatic rings. The first-order chi connectivity index (χ1) is 13.2. The van der Waals surface area contributed by atoms with Crippen LogP contribution in [0.2, 0.25) is 0 Å². The van der Waals surface area contributed by atoms with Crippen LogP contribution in [-0.4, -0.2) is 36.6 Å². The highest BCUT2D eigenvalue weighted by Gasteiger charge is 2.27. The van der Waals surface area contributed by atoms with Crippen LogP contribution >= 0.6 is 23.1 Å². The third-order valence-corrected chi connectivity index (χ3v) is 5.97. The van der Waals surface area contributed by atoms with Crippen LogP contribution in [0, 0.1) is 0 Å². The summed E-state index contributed by atoms with van der Waals surface area (Å²) in [7, 11) is 0. The van der Waals surface area contributed by atoms with Gasteiger partial charge in [0.05, 0.1) is 5.75 Å². The summed E-state index contributed by atoms with van der Waals surface area (Å²) in [6, 6.07) is 9.84. The van der Waals surface area contributed by atoms with Crippen molar-refractivity contribution in [2.75, 3.05) is 11.1 Å². The normalized spacial score (nSPS) is 13.5. The first kappa shape index (κ1) is 17.9. The number of thioether (sulfide) groups is 1. The second kappa shape index (κ2) is 8.01. The molecule has 138 valence electrons. The Labute approximate surface area is 164 Å². The molecule has 1 aliphatic rings. The van der Waals surface area contributed by atoms with Gasteiger partial charge in [-0.3, -0.25) is 14.7 Å². The number of nitrogens with one attached hydrogen (secondary N) is 1. The number of rotatable bonds is 8. The number of allylic oxidation sites excluding steroid dienone is 1. The molecule has 0 saturated heterocycles. The van der Waals surface area contributed by atoms with Crippen LogP contribution < -0.4 is 5.32 Å². The fraction of sp³-hybridized carbons (Fsp3) is 0.278. The summed E-state index contributed by atoms with van der Waals surface area (Å²) in [4.78, 5) is 12.3.